The van der Waals surface area contributed by atoms with Gasteiger partial charge in [-0.1, -0.05) is 6.07 Å². The molecule has 0 saturated heterocycles. The molecule has 0 bridgehead atoms. The van der Waals surface area contributed by atoms with E-state index in [1.54, 1.807) is 20.3 Å². The molecule has 2 rings (SSSR count). The van der Waals surface area contributed by atoms with E-state index in [1.807, 2.05) is 12.1 Å². The fourth-order valence-corrected chi connectivity index (χ4v) is 1.94. The van der Waals surface area contributed by atoms with Crippen LogP contribution in [0.25, 0.3) is 0 Å². The molecule has 1 fully saturated rings. The topological polar surface area (TPSA) is 55.8 Å². The molecular weight excluding hydrogens is 208 g/mol. The fraction of sp³-hybridized carbons (Fsp3) is 0.417. The van der Waals surface area contributed by atoms with Gasteiger partial charge in [0.25, 0.3) is 0 Å². The summed E-state index contributed by atoms with van der Waals surface area (Å²) in [6.45, 7) is 0. The SMILES string of the molecule is COc1ccc([C@@H]2C[C@H]2C(=O)O)c(OC)c1. The quantitative estimate of drug-likeness (QED) is 0.845. The molecule has 0 radical (unpaired) electrons. The largest absolute Gasteiger partial charge is 0.497 e. The van der Waals surface area contributed by atoms with E-state index in [-0.39, 0.29) is 11.8 Å². The summed E-state index contributed by atoms with van der Waals surface area (Å²) in [5.74, 6) is 0.504. The number of ether oxygens (including phenoxy) is 2. The van der Waals surface area contributed by atoms with Crippen molar-refractivity contribution in [3.63, 3.8) is 0 Å². The molecule has 0 amide bonds. The molecule has 16 heavy (non-hydrogen) atoms. The Labute approximate surface area is 93.8 Å². The van der Waals surface area contributed by atoms with Gasteiger partial charge in [-0.2, -0.15) is 0 Å². The highest BCUT2D eigenvalue weighted by Gasteiger charge is 2.45. The van der Waals surface area contributed by atoms with Gasteiger partial charge in [0.05, 0.1) is 20.1 Å². The molecule has 1 aromatic carbocycles. The van der Waals surface area contributed by atoms with Gasteiger partial charge in [0, 0.05) is 12.0 Å². The van der Waals surface area contributed by atoms with Crippen molar-refractivity contribution in [1.29, 1.82) is 0 Å². The Balaban J connectivity index is 2.25. The van der Waals surface area contributed by atoms with Crippen LogP contribution < -0.4 is 9.47 Å². The van der Waals surface area contributed by atoms with Crippen LogP contribution in [0.15, 0.2) is 18.2 Å². The van der Waals surface area contributed by atoms with Crippen LogP contribution in [0.5, 0.6) is 11.5 Å². The molecule has 0 unspecified atom stereocenters. The van der Waals surface area contributed by atoms with Crippen molar-refractivity contribution in [1.82, 2.24) is 0 Å². The number of benzene rings is 1. The molecule has 0 heterocycles. The average Bonchev–Trinajstić information content (AvgIpc) is 3.08. The Hall–Kier alpha value is -1.71. The predicted octanol–water partition coefficient (Wildman–Crippen LogP) is 1.89. The first-order chi connectivity index (χ1) is 7.67. The first-order valence-electron chi connectivity index (χ1n) is 5.12. The number of carboxylic acids is 1. The first kappa shape index (κ1) is 10.8. The molecule has 86 valence electrons. The van der Waals surface area contributed by atoms with Crippen LogP contribution in [0.1, 0.15) is 17.9 Å². The average molecular weight is 222 g/mol. The second-order valence-electron chi connectivity index (χ2n) is 3.89. The van der Waals surface area contributed by atoms with Gasteiger partial charge in [-0.3, -0.25) is 4.79 Å². The van der Waals surface area contributed by atoms with Crippen molar-refractivity contribution in [3.05, 3.63) is 23.8 Å². The van der Waals surface area contributed by atoms with Crippen LogP contribution >= 0.6 is 0 Å². The molecule has 0 spiro atoms. The van der Waals surface area contributed by atoms with Gasteiger partial charge >= 0.3 is 5.97 Å². The lowest BCUT2D eigenvalue weighted by molar-refractivity contribution is -0.138. The molecule has 1 N–H and O–H groups in total. The second-order valence-corrected chi connectivity index (χ2v) is 3.89. The fourth-order valence-electron chi connectivity index (χ4n) is 1.94. The summed E-state index contributed by atoms with van der Waals surface area (Å²) in [7, 11) is 3.17. The van der Waals surface area contributed by atoms with Gasteiger partial charge in [0.15, 0.2) is 0 Å². The monoisotopic (exact) mass is 222 g/mol. The molecule has 0 aromatic heterocycles. The molecule has 4 nitrogen and oxygen atoms in total. The van der Waals surface area contributed by atoms with Gasteiger partial charge in [0.1, 0.15) is 11.5 Å². The van der Waals surface area contributed by atoms with E-state index in [2.05, 4.69) is 0 Å². The van der Waals surface area contributed by atoms with E-state index in [0.29, 0.717) is 17.9 Å². The number of hydrogen-bond donors (Lipinski definition) is 1. The minimum absolute atomic E-state index is 0.0818. The summed E-state index contributed by atoms with van der Waals surface area (Å²) >= 11 is 0. The van der Waals surface area contributed by atoms with Crippen LogP contribution in [-0.4, -0.2) is 25.3 Å². The maximum absolute atomic E-state index is 10.8. The smallest absolute Gasteiger partial charge is 0.307 e. The van der Waals surface area contributed by atoms with Crippen molar-refractivity contribution < 1.29 is 19.4 Å². The summed E-state index contributed by atoms with van der Waals surface area (Å²) in [4.78, 5) is 10.8. The third-order valence-electron chi connectivity index (χ3n) is 2.95. The zero-order valence-electron chi connectivity index (χ0n) is 9.27. The molecule has 1 saturated carbocycles. The summed E-state index contributed by atoms with van der Waals surface area (Å²) in [5.41, 5.74) is 0.954. The van der Waals surface area contributed by atoms with Crippen molar-refractivity contribution in [3.8, 4) is 11.5 Å². The number of carboxylic acid groups (broad SMARTS) is 1. The van der Waals surface area contributed by atoms with E-state index in [0.717, 1.165) is 5.56 Å². The van der Waals surface area contributed by atoms with Crippen LogP contribution in [0.2, 0.25) is 0 Å². The number of rotatable bonds is 4. The van der Waals surface area contributed by atoms with E-state index < -0.39 is 5.97 Å². The summed E-state index contributed by atoms with van der Waals surface area (Å²) < 4.78 is 10.3. The Bertz CT molecular complexity index is 413. The minimum Gasteiger partial charge on any atom is -0.497 e. The first-order valence-corrected chi connectivity index (χ1v) is 5.12. The maximum Gasteiger partial charge on any atom is 0.307 e. The number of methoxy groups -OCH3 is 2. The number of carbonyl (C=O) groups is 1. The highest BCUT2D eigenvalue weighted by Crippen LogP contribution is 2.50. The molecule has 1 aromatic rings. The summed E-state index contributed by atoms with van der Waals surface area (Å²) in [6, 6.07) is 5.49. The van der Waals surface area contributed by atoms with Crippen LogP contribution in [0, 0.1) is 5.92 Å². The second kappa shape index (κ2) is 4.04. The Morgan fingerprint density at radius 3 is 2.62 bits per heavy atom. The van der Waals surface area contributed by atoms with Gasteiger partial charge in [-0.05, 0) is 18.1 Å². The third kappa shape index (κ3) is 1.83. The Morgan fingerprint density at radius 2 is 2.12 bits per heavy atom. The lowest BCUT2D eigenvalue weighted by atomic mass is 10.1. The summed E-state index contributed by atoms with van der Waals surface area (Å²) in [5, 5.41) is 8.88. The van der Waals surface area contributed by atoms with Gasteiger partial charge in [-0.25, -0.2) is 0 Å². The highest BCUT2D eigenvalue weighted by atomic mass is 16.5. The minimum atomic E-state index is -0.733. The van der Waals surface area contributed by atoms with E-state index in [4.69, 9.17) is 14.6 Å². The van der Waals surface area contributed by atoms with Crippen molar-refractivity contribution in [2.75, 3.05) is 14.2 Å². The standard InChI is InChI=1S/C12H14O4/c1-15-7-3-4-8(11(5-7)16-2)9-6-10(9)12(13)14/h3-5,9-10H,6H2,1-2H3,(H,13,14)/t9-,10+/m0/s1. The van der Waals surface area contributed by atoms with Crippen molar-refractivity contribution in [2.24, 2.45) is 5.92 Å². The Kier molecular flexibility index (Phi) is 2.73. The van der Waals surface area contributed by atoms with Crippen LogP contribution in [0.4, 0.5) is 0 Å². The van der Waals surface area contributed by atoms with Crippen LogP contribution in [0.3, 0.4) is 0 Å². The van der Waals surface area contributed by atoms with E-state index >= 15 is 0 Å². The highest BCUT2D eigenvalue weighted by molar-refractivity contribution is 5.75. The van der Waals surface area contributed by atoms with Gasteiger partial charge in [-0.15, -0.1) is 0 Å². The zero-order valence-corrected chi connectivity index (χ0v) is 9.27. The van der Waals surface area contributed by atoms with Crippen molar-refractivity contribution >= 4 is 5.97 Å². The number of hydrogen-bond acceptors (Lipinski definition) is 3. The Morgan fingerprint density at radius 1 is 1.38 bits per heavy atom. The van der Waals surface area contributed by atoms with E-state index in [1.165, 1.54) is 0 Å². The number of aliphatic carboxylic acids is 1. The third-order valence-corrected chi connectivity index (χ3v) is 2.95. The van der Waals surface area contributed by atoms with Gasteiger partial charge in [0.2, 0.25) is 0 Å². The molecule has 1 aliphatic carbocycles. The molecule has 0 aliphatic heterocycles. The van der Waals surface area contributed by atoms with Gasteiger partial charge < -0.3 is 14.6 Å². The zero-order chi connectivity index (χ0) is 11.7. The van der Waals surface area contributed by atoms with Crippen LogP contribution in [-0.2, 0) is 4.79 Å². The summed E-state index contributed by atoms with van der Waals surface area (Å²) in [6.07, 6.45) is 0.692. The molecule has 4 heteroatoms. The van der Waals surface area contributed by atoms with Crippen molar-refractivity contribution in [2.45, 2.75) is 12.3 Å². The lowest BCUT2D eigenvalue weighted by Crippen LogP contribution is -2.00. The molecule has 1 aliphatic rings. The normalized spacial score (nSPS) is 22.6. The van der Waals surface area contributed by atoms with E-state index in [9.17, 15) is 4.79 Å². The lowest BCUT2D eigenvalue weighted by Gasteiger charge is -2.09. The molecule has 2 atom stereocenters. The maximum atomic E-state index is 10.8. The predicted molar refractivity (Wildman–Crippen MR) is 58.0 cm³/mol. The molecular formula is C12H14O4.